The molecule has 24 heavy (non-hydrogen) atoms. The third-order valence-electron chi connectivity index (χ3n) is 2.43. The van der Waals surface area contributed by atoms with Crippen molar-refractivity contribution < 1.29 is 35.9 Å². The first kappa shape index (κ1) is 19.6. The van der Waals surface area contributed by atoms with Gasteiger partial charge in [-0.2, -0.15) is 26.3 Å². The number of carbonyl (C=O) groups is 2. The Kier molecular flexibility index (Phi) is 5.34. The molecule has 132 valence electrons. The Hall–Kier alpha value is -0.720. The number of imide groups is 1. The van der Waals surface area contributed by atoms with Gasteiger partial charge in [-0.15, -0.1) is 0 Å². The summed E-state index contributed by atoms with van der Waals surface area (Å²) in [5.74, 6) is -2.06. The van der Waals surface area contributed by atoms with Gasteiger partial charge < -0.3 is 0 Å². The SMILES string of the molecule is O=C1c2ccccc2C(=O)N1SC(Cl)(SC(F)(F)F)SC(F)(F)F. The van der Waals surface area contributed by atoms with Gasteiger partial charge in [-0.3, -0.25) is 9.59 Å². The molecule has 0 fully saturated rings. The number of carbonyl (C=O) groups excluding carboxylic acids is 2. The molecule has 0 saturated carbocycles. The van der Waals surface area contributed by atoms with E-state index in [1.54, 1.807) is 0 Å². The van der Waals surface area contributed by atoms with E-state index in [1.807, 2.05) is 0 Å². The van der Waals surface area contributed by atoms with Crippen molar-refractivity contribution in [3.05, 3.63) is 35.4 Å². The predicted molar refractivity (Wildman–Crippen MR) is 80.4 cm³/mol. The fraction of sp³-hybridized carbons (Fsp3) is 0.273. The van der Waals surface area contributed by atoms with Crippen molar-refractivity contribution in [2.45, 2.75) is 13.9 Å². The molecule has 1 aliphatic heterocycles. The van der Waals surface area contributed by atoms with Crippen LogP contribution in [0.3, 0.4) is 0 Å². The van der Waals surface area contributed by atoms with E-state index in [1.165, 1.54) is 24.3 Å². The topological polar surface area (TPSA) is 37.4 Å². The van der Waals surface area contributed by atoms with Crippen molar-refractivity contribution in [3.63, 3.8) is 0 Å². The largest absolute Gasteiger partial charge is 0.445 e. The van der Waals surface area contributed by atoms with Gasteiger partial charge in [0, 0.05) is 11.9 Å². The van der Waals surface area contributed by atoms with Crippen LogP contribution in [0.25, 0.3) is 0 Å². The van der Waals surface area contributed by atoms with Crippen LogP contribution < -0.4 is 0 Å². The molecule has 0 bridgehead atoms. The Labute approximate surface area is 148 Å². The van der Waals surface area contributed by atoms with Crippen molar-refractivity contribution in [1.82, 2.24) is 4.31 Å². The number of benzene rings is 1. The Balaban J connectivity index is 2.31. The third-order valence-corrected chi connectivity index (χ3v) is 6.23. The number of fused-ring (bicyclic) bond motifs is 1. The molecule has 1 aromatic rings. The molecule has 0 saturated heterocycles. The lowest BCUT2D eigenvalue weighted by Gasteiger charge is -2.29. The second-order valence-electron chi connectivity index (χ2n) is 4.12. The minimum absolute atomic E-state index is 0.122. The Morgan fingerprint density at radius 3 is 1.54 bits per heavy atom. The summed E-state index contributed by atoms with van der Waals surface area (Å²) >= 11 is 2.78. The number of thioether (sulfide) groups is 2. The summed E-state index contributed by atoms with van der Waals surface area (Å²) < 4.78 is 72.4. The molecule has 2 amide bonds. The van der Waals surface area contributed by atoms with Crippen LogP contribution in [-0.2, 0) is 0 Å². The molecule has 0 N–H and O–H groups in total. The van der Waals surface area contributed by atoms with Crippen LogP contribution in [0.2, 0.25) is 0 Å². The van der Waals surface area contributed by atoms with Crippen molar-refractivity contribution in [2.75, 3.05) is 0 Å². The van der Waals surface area contributed by atoms with E-state index in [4.69, 9.17) is 11.6 Å². The molecule has 0 aliphatic carbocycles. The first-order valence-electron chi connectivity index (χ1n) is 5.71. The average Bonchev–Trinajstić information content (AvgIpc) is 2.60. The fourth-order valence-electron chi connectivity index (χ4n) is 1.69. The number of halogens is 7. The highest BCUT2D eigenvalue weighted by Crippen LogP contribution is 2.62. The summed E-state index contributed by atoms with van der Waals surface area (Å²) in [7, 11) is 0. The lowest BCUT2D eigenvalue weighted by Crippen LogP contribution is -2.30. The van der Waals surface area contributed by atoms with E-state index in [2.05, 4.69) is 0 Å². The molecular formula is C11H4ClF6NO2S3. The van der Waals surface area contributed by atoms with Gasteiger partial charge in [0.15, 0.2) is 0 Å². The van der Waals surface area contributed by atoms with Crippen LogP contribution in [0.15, 0.2) is 24.3 Å². The standard InChI is InChI=1S/C11H4ClF6NO2S3/c12-9(22-10(13,14)15,23-11(16,17)18)24-19-7(20)5-3-1-2-4-6(5)8(19)21/h1-4H. The van der Waals surface area contributed by atoms with Gasteiger partial charge in [0.05, 0.1) is 11.1 Å². The summed E-state index contributed by atoms with van der Waals surface area (Å²) in [6.45, 7) is 0. The molecule has 0 atom stereocenters. The lowest BCUT2D eigenvalue weighted by molar-refractivity contribution is -0.0343. The van der Waals surface area contributed by atoms with Gasteiger partial charge in [0.2, 0.25) is 2.87 Å². The van der Waals surface area contributed by atoms with Crippen LogP contribution >= 0.6 is 47.1 Å². The maximum Gasteiger partial charge on any atom is 0.445 e. The molecule has 13 heteroatoms. The molecule has 3 nitrogen and oxygen atoms in total. The zero-order valence-corrected chi connectivity index (χ0v) is 14.1. The van der Waals surface area contributed by atoms with E-state index in [0.29, 0.717) is 0 Å². The van der Waals surface area contributed by atoms with E-state index in [0.717, 1.165) is 0 Å². The quantitative estimate of drug-likeness (QED) is 0.215. The van der Waals surface area contributed by atoms with Crippen molar-refractivity contribution in [3.8, 4) is 0 Å². The minimum Gasteiger partial charge on any atom is -0.268 e. The molecule has 1 heterocycles. The number of amides is 2. The lowest BCUT2D eigenvalue weighted by atomic mass is 10.1. The second-order valence-corrected chi connectivity index (χ2v) is 9.85. The van der Waals surface area contributed by atoms with Gasteiger partial charge in [-0.05, 0) is 35.7 Å². The van der Waals surface area contributed by atoms with Gasteiger partial charge >= 0.3 is 11.0 Å². The molecule has 1 aromatic carbocycles. The van der Waals surface area contributed by atoms with Gasteiger partial charge in [0.25, 0.3) is 11.8 Å². The second kappa shape index (κ2) is 6.54. The van der Waals surface area contributed by atoms with Crippen molar-refractivity contribution in [1.29, 1.82) is 0 Å². The smallest absolute Gasteiger partial charge is 0.268 e. The number of rotatable bonds is 4. The maximum atomic E-state index is 12.6. The number of hydrogen-bond acceptors (Lipinski definition) is 5. The summed E-state index contributed by atoms with van der Waals surface area (Å²) in [4.78, 5) is 24.1. The number of alkyl halides is 7. The summed E-state index contributed by atoms with van der Waals surface area (Å²) in [6.07, 6.45) is 0. The molecular weight excluding hydrogens is 424 g/mol. The predicted octanol–water partition coefficient (Wildman–Crippen LogP) is 5.29. The first-order chi connectivity index (χ1) is 10.8. The van der Waals surface area contributed by atoms with E-state index < -0.39 is 49.2 Å². The van der Waals surface area contributed by atoms with E-state index in [9.17, 15) is 35.9 Å². The van der Waals surface area contributed by atoms with Gasteiger partial charge in [-0.1, -0.05) is 23.7 Å². The molecule has 0 unspecified atom stereocenters. The number of hydrogen-bond donors (Lipinski definition) is 0. The van der Waals surface area contributed by atoms with E-state index in [-0.39, 0.29) is 27.4 Å². The molecule has 0 spiro atoms. The highest BCUT2D eigenvalue weighted by atomic mass is 35.5. The minimum atomic E-state index is -5.12. The molecule has 0 aromatic heterocycles. The Morgan fingerprint density at radius 2 is 1.21 bits per heavy atom. The zero-order chi connectivity index (χ0) is 18.3. The van der Waals surface area contributed by atoms with Gasteiger partial charge in [0.1, 0.15) is 0 Å². The van der Waals surface area contributed by atoms with Crippen molar-refractivity contribution in [2.24, 2.45) is 0 Å². The maximum absolute atomic E-state index is 12.6. The van der Waals surface area contributed by atoms with Crippen LogP contribution in [0, 0.1) is 0 Å². The fourth-order valence-corrected chi connectivity index (χ4v) is 5.60. The van der Waals surface area contributed by atoms with Gasteiger partial charge in [-0.25, -0.2) is 4.31 Å². The van der Waals surface area contributed by atoms with Crippen LogP contribution in [0.5, 0.6) is 0 Å². The van der Waals surface area contributed by atoms with Crippen LogP contribution in [0.1, 0.15) is 20.7 Å². The highest BCUT2D eigenvalue weighted by molar-refractivity contribution is 8.35. The highest BCUT2D eigenvalue weighted by Gasteiger charge is 2.54. The molecule has 2 rings (SSSR count). The first-order valence-corrected chi connectivity index (χ1v) is 8.49. The summed E-state index contributed by atoms with van der Waals surface area (Å²) in [5, 5.41) is 0. The Morgan fingerprint density at radius 1 is 0.833 bits per heavy atom. The average molecular weight is 428 g/mol. The Bertz CT molecular complexity index is 629. The normalized spacial score (nSPS) is 15.9. The molecule has 0 radical (unpaired) electrons. The molecule has 1 aliphatic rings. The van der Waals surface area contributed by atoms with Crippen molar-refractivity contribution >= 4 is 58.9 Å². The van der Waals surface area contributed by atoms with Crippen LogP contribution in [0.4, 0.5) is 26.3 Å². The summed E-state index contributed by atoms with van der Waals surface area (Å²) in [6, 6.07) is 5.28. The monoisotopic (exact) mass is 427 g/mol. The van der Waals surface area contributed by atoms with Crippen LogP contribution in [-0.4, -0.2) is 30.0 Å². The summed E-state index contributed by atoms with van der Waals surface area (Å²) in [5.41, 5.74) is -10.5. The number of nitrogens with zero attached hydrogens (tertiary/aromatic N) is 1. The third kappa shape index (κ3) is 4.67. The zero-order valence-electron chi connectivity index (χ0n) is 10.9. The van der Waals surface area contributed by atoms with E-state index >= 15 is 0 Å².